The lowest BCUT2D eigenvalue weighted by molar-refractivity contribution is -0.395. The SMILES string of the molecule is Cc1c([N+](=O)[O-])cc(C(=O)N[C@@H](C)c2ccc(F)cc2)cc1[N+](=O)[O-]. The number of halogens is 1. The molecule has 1 amide bonds. The minimum Gasteiger partial charge on any atom is -0.346 e. The van der Waals surface area contributed by atoms with Crippen molar-refractivity contribution in [3.05, 3.63) is 79.1 Å². The van der Waals surface area contributed by atoms with Crippen molar-refractivity contribution < 1.29 is 19.0 Å². The van der Waals surface area contributed by atoms with Crippen LogP contribution in [0, 0.1) is 33.0 Å². The van der Waals surface area contributed by atoms with Crippen LogP contribution in [-0.2, 0) is 0 Å². The van der Waals surface area contributed by atoms with Gasteiger partial charge in [0.15, 0.2) is 0 Å². The van der Waals surface area contributed by atoms with Crippen LogP contribution >= 0.6 is 0 Å². The molecule has 0 radical (unpaired) electrons. The van der Waals surface area contributed by atoms with Gasteiger partial charge in [0.25, 0.3) is 17.3 Å². The Kier molecular flexibility index (Phi) is 5.06. The van der Waals surface area contributed by atoms with Crippen LogP contribution in [0.15, 0.2) is 36.4 Å². The number of nitro groups is 2. The fourth-order valence-corrected chi connectivity index (χ4v) is 2.31. The predicted octanol–water partition coefficient (Wildman–Crippen LogP) is 3.44. The van der Waals surface area contributed by atoms with Crippen molar-refractivity contribution in [2.75, 3.05) is 0 Å². The Morgan fingerprint density at radius 2 is 1.56 bits per heavy atom. The van der Waals surface area contributed by atoms with Crippen LogP contribution in [-0.4, -0.2) is 15.8 Å². The van der Waals surface area contributed by atoms with Crippen molar-refractivity contribution in [1.82, 2.24) is 5.32 Å². The first-order chi connectivity index (χ1) is 11.7. The molecule has 0 aliphatic heterocycles. The van der Waals surface area contributed by atoms with Crippen LogP contribution in [0.4, 0.5) is 15.8 Å². The molecule has 25 heavy (non-hydrogen) atoms. The summed E-state index contributed by atoms with van der Waals surface area (Å²) in [5.74, 6) is -1.13. The zero-order valence-electron chi connectivity index (χ0n) is 13.4. The van der Waals surface area contributed by atoms with E-state index in [2.05, 4.69) is 5.32 Å². The second-order valence-corrected chi connectivity index (χ2v) is 5.40. The molecular formula is C16H14FN3O5. The lowest BCUT2D eigenvalue weighted by atomic mass is 10.1. The number of hydrogen-bond donors (Lipinski definition) is 1. The molecule has 2 rings (SSSR count). The summed E-state index contributed by atoms with van der Waals surface area (Å²) >= 11 is 0. The summed E-state index contributed by atoms with van der Waals surface area (Å²) in [6, 6.07) is 6.91. The number of carbonyl (C=O) groups is 1. The summed E-state index contributed by atoms with van der Waals surface area (Å²) in [5.41, 5.74) is -0.718. The summed E-state index contributed by atoms with van der Waals surface area (Å²) in [6.07, 6.45) is 0. The van der Waals surface area contributed by atoms with E-state index in [9.17, 15) is 29.4 Å². The van der Waals surface area contributed by atoms with Crippen molar-refractivity contribution in [2.24, 2.45) is 0 Å². The van der Waals surface area contributed by atoms with Crippen molar-refractivity contribution in [3.63, 3.8) is 0 Å². The highest BCUT2D eigenvalue weighted by Gasteiger charge is 2.25. The summed E-state index contributed by atoms with van der Waals surface area (Å²) in [5, 5.41) is 24.7. The Labute approximate surface area is 141 Å². The van der Waals surface area contributed by atoms with Gasteiger partial charge >= 0.3 is 0 Å². The van der Waals surface area contributed by atoms with Crippen LogP contribution in [0.1, 0.15) is 34.5 Å². The molecule has 0 aliphatic rings. The van der Waals surface area contributed by atoms with Gasteiger partial charge in [-0.25, -0.2) is 4.39 Å². The van der Waals surface area contributed by atoms with E-state index in [1.165, 1.54) is 31.2 Å². The highest BCUT2D eigenvalue weighted by Crippen LogP contribution is 2.29. The molecule has 2 aromatic rings. The van der Waals surface area contributed by atoms with Gasteiger partial charge in [-0.05, 0) is 31.5 Å². The molecule has 0 aliphatic carbocycles. The predicted molar refractivity (Wildman–Crippen MR) is 86.8 cm³/mol. The summed E-state index contributed by atoms with van der Waals surface area (Å²) in [7, 11) is 0. The maximum absolute atomic E-state index is 12.9. The number of nitrogens with zero attached hydrogens (tertiary/aromatic N) is 2. The van der Waals surface area contributed by atoms with Gasteiger partial charge in [-0.3, -0.25) is 25.0 Å². The largest absolute Gasteiger partial charge is 0.346 e. The normalized spacial score (nSPS) is 11.6. The van der Waals surface area contributed by atoms with Crippen molar-refractivity contribution in [1.29, 1.82) is 0 Å². The van der Waals surface area contributed by atoms with Crippen LogP contribution in [0.25, 0.3) is 0 Å². The van der Waals surface area contributed by atoms with E-state index in [0.29, 0.717) is 5.56 Å². The molecule has 9 heteroatoms. The van der Waals surface area contributed by atoms with Crippen LogP contribution in [0.5, 0.6) is 0 Å². The first kappa shape index (κ1) is 18.0. The Balaban J connectivity index is 2.33. The Hall–Kier alpha value is -3.36. The molecule has 130 valence electrons. The molecule has 8 nitrogen and oxygen atoms in total. The average molecular weight is 347 g/mol. The van der Waals surface area contributed by atoms with E-state index >= 15 is 0 Å². The van der Waals surface area contributed by atoms with Gasteiger partial charge in [0, 0.05) is 12.1 Å². The molecule has 0 spiro atoms. The van der Waals surface area contributed by atoms with E-state index in [1.807, 2.05) is 0 Å². The number of hydrogen-bond acceptors (Lipinski definition) is 5. The average Bonchev–Trinajstić information content (AvgIpc) is 2.54. The third-order valence-electron chi connectivity index (χ3n) is 3.73. The second kappa shape index (κ2) is 7.04. The highest BCUT2D eigenvalue weighted by atomic mass is 19.1. The molecule has 0 saturated carbocycles. The lowest BCUT2D eigenvalue weighted by Gasteiger charge is -2.14. The van der Waals surface area contributed by atoms with Crippen LogP contribution < -0.4 is 5.32 Å². The Morgan fingerprint density at radius 3 is 2.00 bits per heavy atom. The summed E-state index contributed by atoms with van der Waals surface area (Å²) in [4.78, 5) is 32.9. The summed E-state index contributed by atoms with van der Waals surface area (Å²) in [6.45, 7) is 2.89. The van der Waals surface area contributed by atoms with Crippen molar-refractivity contribution in [2.45, 2.75) is 19.9 Å². The number of amides is 1. The smallest absolute Gasteiger partial charge is 0.279 e. The first-order valence-electron chi connectivity index (χ1n) is 7.20. The quantitative estimate of drug-likeness (QED) is 0.657. The topological polar surface area (TPSA) is 115 Å². The van der Waals surface area contributed by atoms with Gasteiger partial charge in [-0.2, -0.15) is 0 Å². The van der Waals surface area contributed by atoms with Gasteiger partial charge in [0.2, 0.25) is 0 Å². The van der Waals surface area contributed by atoms with Gasteiger partial charge in [0.1, 0.15) is 11.4 Å². The molecule has 1 N–H and O–H groups in total. The molecule has 0 bridgehead atoms. The number of carbonyl (C=O) groups excluding carboxylic acids is 1. The highest BCUT2D eigenvalue weighted by molar-refractivity contribution is 5.96. The Bertz CT molecular complexity index is 816. The molecule has 0 unspecified atom stereocenters. The van der Waals surface area contributed by atoms with E-state index in [0.717, 1.165) is 12.1 Å². The molecule has 0 saturated heterocycles. The minimum absolute atomic E-state index is 0.127. The Morgan fingerprint density at radius 1 is 1.08 bits per heavy atom. The molecule has 2 aromatic carbocycles. The van der Waals surface area contributed by atoms with Crippen molar-refractivity contribution >= 4 is 17.3 Å². The van der Waals surface area contributed by atoms with Gasteiger partial charge in [0.05, 0.1) is 21.5 Å². The molecule has 0 fully saturated rings. The maximum atomic E-state index is 12.9. The maximum Gasteiger partial charge on any atom is 0.279 e. The lowest BCUT2D eigenvalue weighted by Crippen LogP contribution is -2.26. The third kappa shape index (κ3) is 3.94. The second-order valence-electron chi connectivity index (χ2n) is 5.40. The number of benzene rings is 2. The fraction of sp³-hybridized carbons (Fsp3) is 0.188. The van der Waals surface area contributed by atoms with E-state index in [1.54, 1.807) is 6.92 Å². The standard InChI is InChI=1S/C16H14FN3O5/c1-9-14(19(22)23)7-12(8-15(9)20(24)25)16(21)18-10(2)11-3-5-13(17)6-4-11/h3-8,10H,1-2H3,(H,18,21)/t10-/m0/s1. The number of nitrogens with one attached hydrogen (secondary N) is 1. The van der Waals surface area contributed by atoms with E-state index < -0.39 is 39.0 Å². The first-order valence-corrected chi connectivity index (χ1v) is 7.20. The minimum atomic E-state index is -0.775. The zero-order chi connectivity index (χ0) is 18.7. The summed E-state index contributed by atoms with van der Waals surface area (Å²) < 4.78 is 12.9. The number of rotatable bonds is 5. The van der Waals surface area contributed by atoms with Gasteiger partial charge in [-0.15, -0.1) is 0 Å². The van der Waals surface area contributed by atoms with Gasteiger partial charge in [-0.1, -0.05) is 12.1 Å². The molecular weight excluding hydrogens is 333 g/mol. The van der Waals surface area contributed by atoms with Gasteiger partial charge < -0.3 is 5.32 Å². The van der Waals surface area contributed by atoms with E-state index in [-0.39, 0.29) is 11.1 Å². The van der Waals surface area contributed by atoms with E-state index in [4.69, 9.17) is 0 Å². The third-order valence-corrected chi connectivity index (χ3v) is 3.73. The molecule has 1 atom stereocenters. The van der Waals surface area contributed by atoms with Crippen molar-refractivity contribution in [3.8, 4) is 0 Å². The van der Waals surface area contributed by atoms with Crippen LogP contribution in [0.2, 0.25) is 0 Å². The number of nitro benzene ring substituents is 2. The zero-order valence-corrected chi connectivity index (χ0v) is 13.4. The molecule has 0 heterocycles. The monoisotopic (exact) mass is 347 g/mol. The fourth-order valence-electron chi connectivity index (χ4n) is 2.31. The van der Waals surface area contributed by atoms with Crippen LogP contribution in [0.3, 0.4) is 0 Å². The molecule has 0 aromatic heterocycles.